The molecule has 2 aromatic carbocycles. The van der Waals surface area contributed by atoms with Crippen LogP contribution in [0.2, 0.25) is 0 Å². The zero-order chi connectivity index (χ0) is 21.0. The summed E-state index contributed by atoms with van der Waals surface area (Å²) < 4.78 is 1.89. The summed E-state index contributed by atoms with van der Waals surface area (Å²) in [5.41, 5.74) is 4.89. The van der Waals surface area contributed by atoms with Gasteiger partial charge in [0, 0.05) is 11.4 Å². The van der Waals surface area contributed by atoms with Crippen molar-refractivity contribution < 1.29 is 9.59 Å². The SMILES string of the molecule is Cc1cccc(-n2c(C)nnc2SCC(=O)NC(=O)Nc2ccc(C)c(C)c2)c1. The van der Waals surface area contributed by atoms with Crippen LogP contribution in [0.25, 0.3) is 5.69 Å². The highest BCUT2D eigenvalue weighted by Gasteiger charge is 2.15. The van der Waals surface area contributed by atoms with E-state index in [2.05, 4.69) is 20.8 Å². The molecule has 3 aromatic rings. The lowest BCUT2D eigenvalue weighted by atomic mass is 10.1. The first kappa shape index (κ1) is 20.6. The third kappa shape index (κ3) is 5.23. The van der Waals surface area contributed by atoms with Crippen molar-refractivity contribution in [3.63, 3.8) is 0 Å². The number of carbonyl (C=O) groups is 2. The Labute approximate surface area is 173 Å². The predicted octanol–water partition coefficient (Wildman–Crippen LogP) is 3.94. The van der Waals surface area contributed by atoms with Gasteiger partial charge in [-0.05, 0) is 68.7 Å². The molecular weight excluding hydrogens is 386 g/mol. The first-order valence-corrected chi connectivity index (χ1v) is 10.1. The van der Waals surface area contributed by atoms with Gasteiger partial charge in [0.25, 0.3) is 0 Å². The molecule has 2 N–H and O–H groups in total. The molecule has 1 heterocycles. The van der Waals surface area contributed by atoms with Gasteiger partial charge in [-0.1, -0.05) is 30.0 Å². The van der Waals surface area contributed by atoms with Gasteiger partial charge in [0.2, 0.25) is 5.91 Å². The standard InChI is InChI=1S/C21H23N5O2S/c1-13-6-5-7-18(10-13)26-16(4)24-25-21(26)29-12-19(27)23-20(28)22-17-9-8-14(2)15(3)11-17/h5-11H,12H2,1-4H3,(H2,22,23,27,28). The Morgan fingerprint density at radius 1 is 1.00 bits per heavy atom. The third-order valence-corrected chi connectivity index (χ3v) is 5.33. The summed E-state index contributed by atoms with van der Waals surface area (Å²) in [7, 11) is 0. The average Bonchev–Trinajstić information content (AvgIpc) is 3.03. The number of urea groups is 1. The minimum absolute atomic E-state index is 0.0459. The summed E-state index contributed by atoms with van der Waals surface area (Å²) >= 11 is 1.23. The van der Waals surface area contributed by atoms with Crippen LogP contribution in [0.1, 0.15) is 22.5 Å². The van der Waals surface area contributed by atoms with Crippen LogP contribution >= 0.6 is 11.8 Å². The molecule has 29 heavy (non-hydrogen) atoms. The van der Waals surface area contributed by atoms with Gasteiger partial charge in [-0.3, -0.25) is 14.7 Å². The summed E-state index contributed by atoms with van der Waals surface area (Å²) in [6, 6.07) is 13.0. The lowest BCUT2D eigenvalue weighted by molar-refractivity contribution is -0.117. The zero-order valence-corrected chi connectivity index (χ0v) is 17.6. The molecule has 0 saturated carbocycles. The quantitative estimate of drug-likeness (QED) is 0.623. The lowest BCUT2D eigenvalue weighted by Crippen LogP contribution is -2.35. The smallest absolute Gasteiger partial charge is 0.308 e. The van der Waals surface area contributed by atoms with Crippen LogP contribution in [-0.4, -0.2) is 32.5 Å². The van der Waals surface area contributed by atoms with E-state index in [0.717, 1.165) is 28.2 Å². The number of aryl methyl sites for hydroxylation is 4. The molecule has 0 atom stereocenters. The van der Waals surface area contributed by atoms with Crippen molar-refractivity contribution in [3.05, 3.63) is 65.0 Å². The van der Waals surface area contributed by atoms with E-state index in [1.54, 1.807) is 6.07 Å². The maximum absolute atomic E-state index is 12.2. The number of imide groups is 1. The van der Waals surface area contributed by atoms with E-state index in [9.17, 15) is 9.59 Å². The van der Waals surface area contributed by atoms with Gasteiger partial charge in [0.15, 0.2) is 5.16 Å². The second kappa shape index (κ2) is 8.91. The fourth-order valence-electron chi connectivity index (χ4n) is 2.78. The molecule has 0 aliphatic rings. The Hall–Kier alpha value is -3.13. The van der Waals surface area contributed by atoms with Crippen molar-refractivity contribution in [1.29, 1.82) is 0 Å². The van der Waals surface area contributed by atoms with Crippen molar-refractivity contribution in [1.82, 2.24) is 20.1 Å². The van der Waals surface area contributed by atoms with Gasteiger partial charge in [-0.15, -0.1) is 10.2 Å². The molecule has 3 rings (SSSR count). The monoisotopic (exact) mass is 409 g/mol. The zero-order valence-electron chi connectivity index (χ0n) is 16.8. The molecule has 0 fully saturated rings. The number of thioether (sulfide) groups is 1. The number of aromatic nitrogens is 3. The number of carbonyl (C=O) groups excluding carboxylic acids is 2. The number of nitrogens with one attached hydrogen (secondary N) is 2. The van der Waals surface area contributed by atoms with Crippen LogP contribution in [0.15, 0.2) is 47.6 Å². The van der Waals surface area contributed by atoms with Crippen molar-refractivity contribution in [2.75, 3.05) is 11.1 Å². The van der Waals surface area contributed by atoms with Crippen LogP contribution in [0.4, 0.5) is 10.5 Å². The van der Waals surface area contributed by atoms with Crippen LogP contribution in [0, 0.1) is 27.7 Å². The highest BCUT2D eigenvalue weighted by molar-refractivity contribution is 7.99. The fraction of sp³-hybridized carbons (Fsp3) is 0.238. The molecule has 3 amide bonds. The topological polar surface area (TPSA) is 88.9 Å². The summed E-state index contributed by atoms with van der Waals surface area (Å²) in [5, 5.41) is 13.9. The second-order valence-electron chi connectivity index (χ2n) is 6.79. The molecule has 0 saturated heterocycles. The number of benzene rings is 2. The van der Waals surface area contributed by atoms with Crippen molar-refractivity contribution >= 4 is 29.4 Å². The van der Waals surface area contributed by atoms with Crippen LogP contribution in [0.5, 0.6) is 0 Å². The summed E-state index contributed by atoms with van der Waals surface area (Å²) in [6.45, 7) is 7.83. The van der Waals surface area contributed by atoms with Crippen molar-refractivity contribution in [2.45, 2.75) is 32.9 Å². The van der Waals surface area contributed by atoms with E-state index >= 15 is 0 Å². The van der Waals surface area contributed by atoms with E-state index in [-0.39, 0.29) is 5.75 Å². The molecule has 0 bridgehead atoms. The van der Waals surface area contributed by atoms with Gasteiger partial charge in [-0.25, -0.2) is 4.79 Å². The fourth-order valence-corrected chi connectivity index (χ4v) is 3.57. The van der Waals surface area contributed by atoms with E-state index in [4.69, 9.17) is 0 Å². The number of hydrogen-bond acceptors (Lipinski definition) is 5. The Balaban J connectivity index is 1.60. The van der Waals surface area contributed by atoms with Gasteiger partial charge < -0.3 is 5.32 Å². The van der Waals surface area contributed by atoms with Gasteiger partial charge in [-0.2, -0.15) is 0 Å². The van der Waals surface area contributed by atoms with Crippen LogP contribution in [0.3, 0.4) is 0 Å². The van der Waals surface area contributed by atoms with E-state index in [1.165, 1.54) is 11.8 Å². The Kier molecular flexibility index (Phi) is 6.33. The normalized spacial score (nSPS) is 10.6. The molecule has 0 aliphatic heterocycles. The second-order valence-corrected chi connectivity index (χ2v) is 7.74. The van der Waals surface area contributed by atoms with Crippen LogP contribution in [-0.2, 0) is 4.79 Å². The molecular formula is C21H23N5O2S. The minimum Gasteiger partial charge on any atom is -0.308 e. The highest BCUT2D eigenvalue weighted by Crippen LogP contribution is 2.22. The minimum atomic E-state index is -0.560. The Bertz CT molecular complexity index is 1060. The maximum atomic E-state index is 12.2. The molecule has 150 valence electrons. The number of nitrogens with zero attached hydrogens (tertiary/aromatic N) is 3. The van der Waals surface area contributed by atoms with E-state index in [1.807, 2.05) is 68.7 Å². The number of hydrogen-bond donors (Lipinski definition) is 2. The van der Waals surface area contributed by atoms with Gasteiger partial charge >= 0.3 is 6.03 Å². The predicted molar refractivity (Wildman–Crippen MR) is 115 cm³/mol. The number of amides is 3. The molecule has 0 spiro atoms. The van der Waals surface area contributed by atoms with Gasteiger partial charge in [0.05, 0.1) is 5.75 Å². The Morgan fingerprint density at radius 2 is 1.79 bits per heavy atom. The summed E-state index contributed by atoms with van der Waals surface area (Å²) in [6.07, 6.45) is 0. The largest absolute Gasteiger partial charge is 0.325 e. The van der Waals surface area contributed by atoms with E-state index in [0.29, 0.717) is 10.8 Å². The van der Waals surface area contributed by atoms with Crippen molar-refractivity contribution in [2.24, 2.45) is 0 Å². The third-order valence-electron chi connectivity index (χ3n) is 4.41. The number of anilines is 1. The molecule has 0 unspecified atom stereocenters. The van der Waals surface area contributed by atoms with Gasteiger partial charge in [0.1, 0.15) is 5.82 Å². The summed E-state index contributed by atoms with van der Waals surface area (Å²) in [5.74, 6) is 0.364. The maximum Gasteiger partial charge on any atom is 0.325 e. The van der Waals surface area contributed by atoms with Crippen LogP contribution < -0.4 is 10.6 Å². The average molecular weight is 410 g/mol. The molecule has 7 nitrogen and oxygen atoms in total. The summed E-state index contributed by atoms with van der Waals surface area (Å²) in [4.78, 5) is 24.3. The van der Waals surface area contributed by atoms with E-state index < -0.39 is 11.9 Å². The highest BCUT2D eigenvalue weighted by atomic mass is 32.2. The van der Waals surface area contributed by atoms with Crippen molar-refractivity contribution in [3.8, 4) is 5.69 Å². The first-order chi connectivity index (χ1) is 13.8. The Morgan fingerprint density at radius 3 is 2.52 bits per heavy atom. The lowest BCUT2D eigenvalue weighted by Gasteiger charge is -2.10. The molecule has 0 aliphatic carbocycles. The first-order valence-electron chi connectivity index (χ1n) is 9.13. The molecule has 8 heteroatoms. The number of rotatable bonds is 5. The molecule has 1 aromatic heterocycles. The molecule has 0 radical (unpaired) electrons.